The molecule has 0 aliphatic carbocycles. The number of hydrogen-bond acceptors (Lipinski definition) is 7. The minimum Gasteiger partial charge on any atom is -0.507 e. The number of thioether (sulfide) groups is 1. The molecular weight excluding hydrogens is 887 g/mol. The highest BCUT2D eigenvalue weighted by Gasteiger charge is 2.32. The molecule has 0 saturated heterocycles. The Labute approximate surface area is 429 Å². The van der Waals surface area contributed by atoms with E-state index in [1.165, 1.54) is 11.8 Å². The van der Waals surface area contributed by atoms with Gasteiger partial charge in [0, 0.05) is 25.4 Å². The number of aromatic hydroxyl groups is 4. The van der Waals surface area contributed by atoms with Gasteiger partial charge in [0.1, 0.15) is 23.0 Å². The van der Waals surface area contributed by atoms with Gasteiger partial charge in [-0.1, -0.05) is 215 Å². The van der Waals surface area contributed by atoms with Crippen LogP contribution in [-0.4, -0.2) is 42.2 Å². The maximum atomic E-state index is 11.5. The van der Waals surface area contributed by atoms with E-state index in [0.717, 1.165) is 66.8 Å². The van der Waals surface area contributed by atoms with Crippen LogP contribution in [0.5, 0.6) is 23.0 Å². The van der Waals surface area contributed by atoms with Gasteiger partial charge in [-0.25, -0.2) is 0 Å². The van der Waals surface area contributed by atoms with E-state index in [1.807, 2.05) is 12.1 Å². The molecule has 0 saturated carbocycles. The van der Waals surface area contributed by atoms with Crippen molar-refractivity contribution in [2.75, 3.05) is 5.75 Å². The first kappa shape index (κ1) is 60.2. The summed E-state index contributed by atoms with van der Waals surface area (Å²) in [6, 6.07) is 17.1. The minimum absolute atomic E-state index is 0.0938. The SMILES string of the molecule is CC(C)(C)c1cc(CN(Cc2cc(C(C)(C)C)c(O)c(C(C)(C)C)c2)Cc2cc(C(C)(C)C)c(O)c(C(C)(C)C)c2)cc(C(C)(C)C)c1O.CC(C)(C)c1cc(CSCC(=O)O)cc(C(C)(C)C)c1O. The fourth-order valence-corrected chi connectivity index (χ4v) is 9.59. The third-order valence-electron chi connectivity index (χ3n) is 12.9. The molecule has 0 fully saturated rings. The number of carbonyl (C=O) groups is 1. The maximum absolute atomic E-state index is 11.5. The number of aliphatic carboxylic acids is 1. The zero-order valence-corrected chi connectivity index (χ0v) is 49.0. The Morgan fingerprint density at radius 3 is 0.686 bits per heavy atom. The molecule has 4 aromatic rings. The Balaban J connectivity index is 0.000000514. The van der Waals surface area contributed by atoms with Gasteiger partial charge in [0.15, 0.2) is 0 Å². The standard InChI is InChI=1S/C45H69NO3.C17H26O3S/c1-40(2,3)31-19-28(20-32(37(31)47)41(4,5)6)25-46(26-29-21-33(42(7,8)9)38(48)34(22-29)43(10,11)12)27-30-23-35(44(13,14)15)39(49)36(24-30)45(16,17)18;1-16(2,3)12-7-11(9-21-10-14(18)19)8-13(15(12)20)17(4,5)6/h19-24,47-49H,25-27H2,1-18H3;7-8,20H,9-10H2,1-6H3,(H,18,19). The number of carboxylic acid groups (broad SMARTS) is 1. The van der Waals surface area contributed by atoms with E-state index in [1.54, 1.807) is 0 Å². The summed E-state index contributed by atoms with van der Waals surface area (Å²) in [6.07, 6.45) is 0. The summed E-state index contributed by atoms with van der Waals surface area (Å²) >= 11 is 1.38. The fourth-order valence-electron chi connectivity index (χ4n) is 8.91. The number of benzene rings is 4. The third-order valence-corrected chi connectivity index (χ3v) is 13.8. The molecule has 0 radical (unpaired) electrons. The van der Waals surface area contributed by atoms with E-state index in [4.69, 9.17) is 5.11 Å². The summed E-state index contributed by atoms with van der Waals surface area (Å²) in [5.74, 6) is 1.47. The van der Waals surface area contributed by atoms with Crippen LogP contribution in [0, 0.1) is 0 Å². The zero-order chi connectivity index (χ0) is 54.3. The van der Waals surface area contributed by atoms with Gasteiger partial charge in [-0.15, -0.1) is 11.8 Å². The molecule has 0 amide bonds. The average molecular weight is 983 g/mol. The number of rotatable bonds is 10. The van der Waals surface area contributed by atoms with E-state index in [-0.39, 0.29) is 49.1 Å². The van der Waals surface area contributed by atoms with Crippen molar-refractivity contribution in [2.24, 2.45) is 0 Å². The highest BCUT2D eigenvalue weighted by molar-refractivity contribution is 7.99. The van der Waals surface area contributed by atoms with Gasteiger partial charge in [0.2, 0.25) is 0 Å². The van der Waals surface area contributed by atoms with E-state index >= 15 is 0 Å². The molecule has 7 nitrogen and oxygen atoms in total. The number of phenols is 4. The maximum Gasteiger partial charge on any atom is 0.313 e. The quantitative estimate of drug-likeness (QED) is 0.107. The van der Waals surface area contributed by atoms with Crippen LogP contribution in [0.1, 0.15) is 233 Å². The molecule has 0 unspecified atom stereocenters. The highest BCUT2D eigenvalue weighted by atomic mass is 32.2. The first-order chi connectivity index (χ1) is 31.2. The molecule has 0 atom stereocenters. The molecule has 390 valence electrons. The summed E-state index contributed by atoms with van der Waals surface area (Å²) in [5.41, 5.74) is 10.4. The van der Waals surface area contributed by atoms with Gasteiger partial charge in [0.05, 0.1) is 5.75 Å². The lowest BCUT2D eigenvalue weighted by molar-refractivity contribution is -0.133. The van der Waals surface area contributed by atoms with Crippen LogP contribution in [0.25, 0.3) is 0 Å². The van der Waals surface area contributed by atoms with E-state index in [9.17, 15) is 25.2 Å². The Kier molecular flexibility index (Phi) is 18.2. The fraction of sp³-hybridized carbons (Fsp3) is 0.597. The van der Waals surface area contributed by atoms with Crippen molar-refractivity contribution >= 4 is 17.7 Å². The second-order valence-corrected chi connectivity index (χ2v) is 29.2. The molecule has 70 heavy (non-hydrogen) atoms. The first-order valence-corrected chi connectivity index (χ1v) is 26.4. The number of hydrogen-bond donors (Lipinski definition) is 5. The Morgan fingerprint density at radius 2 is 0.529 bits per heavy atom. The molecule has 4 rings (SSSR count). The predicted molar refractivity (Wildman–Crippen MR) is 299 cm³/mol. The van der Waals surface area contributed by atoms with Crippen molar-refractivity contribution in [1.29, 1.82) is 0 Å². The molecule has 0 aliphatic heterocycles. The minimum atomic E-state index is -0.800. The van der Waals surface area contributed by atoms with Crippen molar-refractivity contribution in [3.8, 4) is 23.0 Å². The van der Waals surface area contributed by atoms with Crippen molar-refractivity contribution in [1.82, 2.24) is 4.90 Å². The molecule has 4 aromatic carbocycles. The number of carboxylic acids is 1. The first-order valence-electron chi connectivity index (χ1n) is 25.2. The van der Waals surface area contributed by atoms with Crippen LogP contribution < -0.4 is 0 Å². The average Bonchev–Trinajstić information content (AvgIpc) is 3.13. The molecule has 0 heterocycles. The molecular formula is C62H95NO6S. The predicted octanol–water partition coefficient (Wildman–Crippen LogP) is 16.1. The third kappa shape index (κ3) is 15.9. The van der Waals surface area contributed by atoms with Crippen molar-refractivity contribution in [3.05, 3.63) is 115 Å². The van der Waals surface area contributed by atoms with Crippen LogP contribution >= 0.6 is 11.8 Å². The van der Waals surface area contributed by atoms with Crippen molar-refractivity contribution in [3.63, 3.8) is 0 Å². The summed E-state index contributed by atoms with van der Waals surface area (Å²) in [7, 11) is 0. The second kappa shape index (κ2) is 21.1. The molecule has 5 N–H and O–H groups in total. The Bertz CT molecular complexity index is 2140. The number of phenolic OH excluding ortho intramolecular Hbond substituents is 4. The summed E-state index contributed by atoms with van der Waals surface area (Å²) in [6.45, 7) is 53.3. The molecule has 8 heteroatoms. The lowest BCUT2D eigenvalue weighted by Crippen LogP contribution is -2.26. The number of nitrogens with zero attached hydrogens (tertiary/aromatic N) is 1. The van der Waals surface area contributed by atoms with Crippen LogP contribution in [0.4, 0.5) is 0 Å². The summed E-state index contributed by atoms with van der Waals surface area (Å²) in [4.78, 5) is 13.1. The molecule has 0 bridgehead atoms. The zero-order valence-electron chi connectivity index (χ0n) is 48.2. The summed E-state index contributed by atoms with van der Waals surface area (Å²) in [5, 5.41) is 53.9. The van der Waals surface area contributed by atoms with Crippen LogP contribution in [0.3, 0.4) is 0 Å². The van der Waals surface area contributed by atoms with Gasteiger partial charge >= 0.3 is 5.97 Å². The van der Waals surface area contributed by atoms with Gasteiger partial charge < -0.3 is 25.5 Å². The topological polar surface area (TPSA) is 121 Å². The van der Waals surface area contributed by atoms with E-state index in [2.05, 4.69) is 207 Å². The lowest BCUT2D eigenvalue weighted by Gasteiger charge is -2.32. The Hall–Kier alpha value is -4.14. The Morgan fingerprint density at radius 1 is 0.357 bits per heavy atom. The largest absolute Gasteiger partial charge is 0.507 e. The lowest BCUT2D eigenvalue weighted by atomic mass is 9.78. The van der Waals surface area contributed by atoms with Crippen molar-refractivity contribution < 1.29 is 30.3 Å². The molecule has 0 aromatic heterocycles. The van der Waals surface area contributed by atoms with Crippen LogP contribution in [0.2, 0.25) is 0 Å². The smallest absolute Gasteiger partial charge is 0.313 e. The van der Waals surface area contributed by atoms with Crippen molar-refractivity contribution in [2.45, 2.75) is 235 Å². The normalized spacial score (nSPS) is 13.4. The summed E-state index contributed by atoms with van der Waals surface area (Å²) < 4.78 is 0. The van der Waals surface area contributed by atoms with Gasteiger partial charge in [-0.3, -0.25) is 9.69 Å². The molecule has 0 aliphatic rings. The second-order valence-electron chi connectivity index (χ2n) is 28.2. The van der Waals surface area contributed by atoms with Gasteiger partial charge in [0.25, 0.3) is 0 Å². The molecule has 0 spiro atoms. The highest BCUT2D eigenvalue weighted by Crippen LogP contribution is 2.45. The van der Waals surface area contributed by atoms with E-state index in [0.29, 0.717) is 48.4 Å². The van der Waals surface area contributed by atoms with E-state index < -0.39 is 5.97 Å². The van der Waals surface area contributed by atoms with Crippen LogP contribution in [-0.2, 0) is 73.5 Å². The monoisotopic (exact) mass is 982 g/mol. The van der Waals surface area contributed by atoms with Gasteiger partial charge in [-0.2, -0.15) is 0 Å². The van der Waals surface area contributed by atoms with Crippen LogP contribution in [0.15, 0.2) is 48.5 Å². The van der Waals surface area contributed by atoms with Gasteiger partial charge in [-0.05, 0) is 110 Å².